The average Bonchev–Trinajstić information content (AvgIpc) is 3.18. The molecule has 1 spiro atoms. The predicted molar refractivity (Wildman–Crippen MR) is 86.3 cm³/mol. The Morgan fingerprint density at radius 1 is 1.23 bits per heavy atom. The van der Waals surface area contributed by atoms with E-state index < -0.39 is 12.0 Å². The number of halogens is 3. The van der Waals surface area contributed by atoms with Gasteiger partial charge in [0.2, 0.25) is 11.7 Å². The number of H-pyrrole nitrogens is 1. The summed E-state index contributed by atoms with van der Waals surface area (Å²) < 4.78 is 38.3. The zero-order valence-electron chi connectivity index (χ0n) is 13.8. The number of benzene rings is 1. The largest absolute Gasteiger partial charge is 0.449 e. The van der Waals surface area contributed by atoms with Crippen molar-refractivity contribution in [2.45, 2.75) is 25.4 Å². The molecule has 1 aromatic carbocycles. The lowest BCUT2D eigenvalue weighted by Crippen LogP contribution is -2.44. The van der Waals surface area contributed by atoms with Crippen LogP contribution in [0, 0.1) is 5.41 Å². The summed E-state index contributed by atoms with van der Waals surface area (Å²) in [5.74, 6) is -1.24. The highest BCUT2D eigenvalue weighted by Crippen LogP contribution is 2.37. The first-order valence-corrected chi connectivity index (χ1v) is 8.39. The van der Waals surface area contributed by atoms with Gasteiger partial charge in [-0.15, -0.1) is 0 Å². The molecule has 2 N–H and O–H groups in total. The van der Waals surface area contributed by atoms with E-state index in [1.165, 1.54) is 18.2 Å². The number of alkyl halides is 3. The van der Waals surface area contributed by atoms with E-state index in [0.29, 0.717) is 31.6 Å². The van der Waals surface area contributed by atoms with Gasteiger partial charge in [-0.05, 0) is 36.5 Å². The number of rotatable bonds is 1. The summed E-state index contributed by atoms with van der Waals surface area (Å²) in [4.78, 5) is 31.6. The fourth-order valence-electron chi connectivity index (χ4n) is 3.75. The number of likely N-dealkylation sites (tertiary alicyclic amines) is 1. The van der Waals surface area contributed by atoms with Crippen molar-refractivity contribution < 1.29 is 22.8 Å². The van der Waals surface area contributed by atoms with Crippen molar-refractivity contribution in [1.82, 2.24) is 20.2 Å². The summed E-state index contributed by atoms with van der Waals surface area (Å²) in [5.41, 5.74) is 0.610. The summed E-state index contributed by atoms with van der Waals surface area (Å²) in [6.07, 6.45) is -2.59. The predicted octanol–water partition coefficient (Wildman–Crippen LogP) is 2.32. The molecule has 9 heteroatoms. The molecule has 2 aliphatic heterocycles. The van der Waals surface area contributed by atoms with Gasteiger partial charge in [-0.3, -0.25) is 9.59 Å². The third-order valence-electron chi connectivity index (χ3n) is 5.30. The van der Waals surface area contributed by atoms with E-state index in [4.69, 9.17) is 0 Å². The first-order valence-electron chi connectivity index (χ1n) is 8.39. The second kappa shape index (κ2) is 5.72. The first-order chi connectivity index (χ1) is 12.3. The van der Waals surface area contributed by atoms with Gasteiger partial charge in [-0.2, -0.15) is 13.2 Å². The van der Waals surface area contributed by atoms with E-state index in [9.17, 15) is 22.8 Å². The van der Waals surface area contributed by atoms with Gasteiger partial charge >= 0.3 is 6.18 Å². The normalized spacial score (nSPS) is 20.0. The van der Waals surface area contributed by atoms with E-state index in [1.807, 2.05) is 0 Å². The molecule has 6 nitrogen and oxygen atoms in total. The first kappa shape index (κ1) is 16.9. The summed E-state index contributed by atoms with van der Waals surface area (Å²) in [5, 5.41) is 2.85. The van der Waals surface area contributed by atoms with E-state index in [0.717, 1.165) is 12.8 Å². The number of carbonyl (C=O) groups is 2. The second-order valence-corrected chi connectivity index (χ2v) is 7.06. The summed E-state index contributed by atoms with van der Waals surface area (Å²) in [6.45, 7) is 1.71. The molecule has 26 heavy (non-hydrogen) atoms. The topological polar surface area (TPSA) is 78.1 Å². The Kier molecular flexibility index (Phi) is 3.71. The van der Waals surface area contributed by atoms with Gasteiger partial charge in [-0.25, -0.2) is 4.98 Å². The van der Waals surface area contributed by atoms with Crippen LogP contribution in [-0.4, -0.2) is 46.3 Å². The maximum absolute atomic E-state index is 12.8. The number of imidazole rings is 1. The molecule has 0 atom stereocenters. The monoisotopic (exact) mass is 366 g/mol. The molecule has 2 amide bonds. The van der Waals surface area contributed by atoms with Crippen LogP contribution in [0.5, 0.6) is 0 Å². The van der Waals surface area contributed by atoms with Crippen molar-refractivity contribution in [1.29, 1.82) is 0 Å². The van der Waals surface area contributed by atoms with Crippen LogP contribution in [0.1, 0.15) is 35.4 Å². The number of aromatic amines is 1. The van der Waals surface area contributed by atoms with Crippen molar-refractivity contribution in [3.8, 4) is 0 Å². The Hall–Kier alpha value is -2.58. The van der Waals surface area contributed by atoms with Crippen LogP contribution in [-0.2, 0) is 11.0 Å². The highest BCUT2D eigenvalue weighted by Gasteiger charge is 2.41. The number of fused-ring (bicyclic) bond motifs is 1. The number of nitrogens with zero attached hydrogens (tertiary/aromatic N) is 2. The van der Waals surface area contributed by atoms with E-state index in [2.05, 4.69) is 15.3 Å². The summed E-state index contributed by atoms with van der Waals surface area (Å²) >= 11 is 0. The van der Waals surface area contributed by atoms with Gasteiger partial charge < -0.3 is 15.2 Å². The summed E-state index contributed by atoms with van der Waals surface area (Å²) in [7, 11) is 0. The molecule has 4 rings (SSSR count). The Bertz CT molecular complexity index is 882. The molecule has 1 aromatic heterocycles. The van der Waals surface area contributed by atoms with Crippen LogP contribution in [0.3, 0.4) is 0 Å². The second-order valence-electron chi connectivity index (χ2n) is 7.06. The summed E-state index contributed by atoms with van der Waals surface area (Å²) in [6, 6.07) is 4.32. The quantitative estimate of drug-likeness (QED) is 0.813. The van der Waals surface area contributed by atoms with Gasteiger partial charge in [0.05, 0.1) is 11.0 Å². The number of hydrogen-bond acceptors (Lipinski definition) is 3. The molecular weight excluding hydrogens is 349 g/mol. The van der Waals surface area contributed by atoms with Crippen molar-refractivity contribution >= 4 is 22.8 Å². The van der Waals surface area contributed by atoms with Crippen molar-refractivity contribution in [3.63, 3.8) is 0 Å². The molecule has 0 saturated carbocycles. The molecule has 0 aliphatic carbocycles. The van der Waals surface area contributed by atoms with Gasteiger partial charge in [0.25, 0.3) is 5.91 Å². The van der Waals surface area contributed by atoms with Crippen LogP contribution in [0.4, 0.5) is 13.2 Å². The molecule has 0 radical (unpaired) electrons. The van der Waals surface area contributed by atoms with Gasteiger partial charge in [0, 0.05) is 31.6 Å². The number of piperidine rings is 1. The minimum Gasteiger partial charge on any atom is -0.356 e. The van der Waals surface area contributed by atoms with Crippen molar-refractivity contribution in [2.75, 3.05) is 19.6 Å². The van der Waals surface area contributed by atoms with Gasteiger partial charge in [-0.1, -0.05) is 0 Å². The number of nitrogens with one attached hydrogen (secondary N) is 2. The Labute approximate surface area is 146 Å². The fourth-order valence-corrected chi connectivity index (χ4v) is 3.75. The van der Waals surface area contributed by atoms with Gasteiger partial charge in [0.1, 0.15) is 0 Å². The lowest BCUT2D eigenvalue weighted by molar-refractivity contribution is -0.144. The Morgan fingerprint density at radius 2 is 1.96 bits per heavy atom. The van der Waals surface area contributed by atoms with Gasteiger partial charge in [0.15, 0.2) is 0 Å². The Balaban J connectivity index is 1.51. The third-order valence-corrected chi connectivity index (χ3v) is 5.30. The zero-order chi connectivity index (χ0) is 18.5. The van der Waals surface area contributed by atoms with Crippen molar-refractivity contribution in [2.24, 2.45) is 5.41 Å². The molecule has 0 bridgehead atoms. The lowest BCUT2D eigenvalue weighted by atomic mass is 9.77. The maximum atomic E-state index is 12.8. The van der Waals surface area contributed by atoms with E-state index >= 15 is 0 Å². The van der Waals surface area contributed by atoms with E-state index in [-0.39, 0.29) is 28.3 Å². The molecular formula is C17H17F3N4O2. The van der Waals surface area contributed by atoms with Crippen LogP contribution >= 0.6 is 0 Å². The lowest BCUT2D eigenvalue weighted by Gasteiger charge is -2.38. The molecule has 0 unspecified atom stereocenters. The smallest absolute Gasteiger partial charge is 0.356 e. The van der Waals surface area contributed by atoms with Crippen LogP contribution < -0.4 is 5.32 Å². The minimum atomic E-state index is -4.56. The third kappa shape index (κ3) is 2.91. The van der Waals surface area contributed by atoms with Crippen LogP contribution in [0.2, 0.25) is 0 Å². The number of carbonyl (C=O) groups excluding carboxylic acids is 2. The highest BCUT2D eigenvalue weighted by atomic mass is 19.4. The zero-order valence-corrected chi connectivity index (χ0v) is 13.8. The minimum absolute atomic E-state index is 0.0509. The molecule has 138 valence electrons. The van der Waals surface area contributed by atoms with Crippen molar-refractivity contribution in [3.05, 3.63) is 29.6 Å². The molecule has 2 aromatic rings. The van der Waals surface area contributed by atoms with Crippen LogP contribution in [0.15, 0.2) is 18.2 Å². The number of hydrogen-bond donors (Lipinski definition) is 2. The van der Waals surface area contributed by atoms with Crippen LogP contribution in [0.25, 0.3) is 11.0 Å². The maximum Gasteiger partial charge on any atom is 0.449 e. The molecule has 2 aliphatic rings. The molecule has 2 saturated heterocycles. The number of aromatic nitrogens is 2. The SMILES string of the molecule is O=C1CC2(CCN(C(=O)c3ccc4nc(C(F)(F)F)[nH]c4c3)CC2)CN1. The molecule has 2 fully saturated rings. The molecule has 3 heterocycles. The highest BCUT2D eigenvalue weighted by molar-refractivity contribution is 5.97. The Morgan fingerprint density at radius 3 is 2.58 bits per heavy atom. The standard InChI is InChI=1S/C17H17F3N4O2/c18-17(19,20)15-22-11-2-1-10(7-12(11)23-15)14(26)24-5-3-16(4-6-24)8-13(25)21-9-16/h1-2,7H,3-6,8-9H2,(H,21,25)(H,22,23). The number of amides is 2. The average molecular weight is 366 g/mol. The van der Waals surface area contributed by atoms with E-state index in [1.54, 1.807) is 4.90 Å². The fraction of sp³-hybridized carbons (Fsp3) is 0.471.